The van der Waals surface area contributed by atoms with E-state index in [9.17, 15) is 10.5 Å². The third-order valence-corrected chi connectivity index (χ3v) is 7.76. The van der Waals surface area contributed by atoms with Crippen LogP contribution in [0.5, 0.6) is 5.88 Å². The molecule has 6 nitrogen and oxygen atoms in total. The van der Waals surface area contributed by atoms with Crippen LogP contribution in [0.2, 0.25) is 10.0 Å². The molecule has 1 N–H and O–H groups in total. The molecule has 2 aliphatic rings. The summed E-state index contributed by atoms with van der Waals surface area (Å²) in [5, 5.41) is 20.4. The van der Waals surface area contributed by atoms with Gasteiger partial charge in [0, 0.05) is 22.1 Å². The first-order valence-electron chi connectivity index (χ1n) is 11.7. The zero-order valence-corrected chi connectivity index (χ0v) is 20.6. The van der Waals surface area contributed by atoms with Crippen LogP contribution >= 0.6 is 23.2 Å². The predicted molar refractivity (Wildman–Crippen MR) is 138 cm³/mol. The molecule has 1 aliphatic carbocycles. The number of nitrogens with one attached hydrogen (secondary N) is 1. The Kier molecular flexibility index (Phi) is 5.82. The molecule has 4 atom stereocenters. The summed E-state index contributed by atoms with van der Waals surface area (Å²) in [4.78, 5) is 7.93. The lowest BCUT2D eigenvalue weighted by Gasteiger charge is -2.17. The number of hydrogen-bond acceptors (Lipinski definition) is 5. The number of aromatic amines is 1. The van der Waals surface area contributed by atoms with E-state index in [-0.39, 0.29) is 24.0 Å². The smallest absolute Gasteiger partial charge is 0.212 e. The Bertz CT molecular complexity index is 1550. The van der Waals surface area contributed by atoms with E-state index in [1.807, 2.05) is 48.5 Å². The van der Waals surface area contributed by atoms with Gasteiger partial charge in [0.05, 0.1) is 40.9 Å². The molecule has 3 heterocycles. The number of pyridine rings is 1. The van der Waals surface area contributed by atoms with Crippen molar-refractivity contribution < 1.29 is 9.47 Å². The molecule has 2 aromatic heterocycles. The second-order valence-electron chi connectivity index (χ2n) is 9.14. The molecule has 178 valence electrons. The van der Waals surface area contributed by atoms with Crippen molar-refractivity contribution in [3.63, 3.8) is 0 Å². The van der Waals surface area contributed by atoms with Gasteiger partial charge in [-0.05, 0) is 30.5 Å². The highest BCUT2D eigenvalue weighted by molar-refractivity contribution is 6.34. The third kappa shape index (κ3) is 3.79. The first-order valence-corrected chi connectivity index (χ1v) is 12.5. The molecule has 4 unspecified atom stereocenters. The Morgan fingerprint density at radius 2 is 1.78 bits per heavy atom. The minimum absolute atomic E-state index is 0.103. The molecule has 1 aliphatic heterocycles. The minimum Gasteiger partial charge on any atom is -0.472 e. The molecule has 6 rings (SSSR count). The minimum atomic E-state index is -0.221. The molecule has 0 radical (unpaired) electrons. The lowest BCUT2D eigenvalue weighted by Crippen LogP contribution is -2.27. The number of rotatable bonds is 4. The van der Waals surface area contributed by atoms with E-state index in [0.717, 1.165) is 29.5 Å². The summed E-state index contributed by atoms with van der Waals surface area (Å²) < 4.78 is 12.1. The highest BCUT2D eigenvalue weighted by Crippen LogP contribution is 2.42. The van der Waals surface area contributed by atoms with Gasteiger partial charge in [0.2, 0.25) is 5.88 Å². The zero-order chi connectivity index (χ0) is 24.8. The highest BCUT2D eigenvalue weighted by atomic mass is 35.5. The fourth-order valence-electron chi connectivity index (χ4n) is 5.34. The Hall–Kier alpha value is -3.55. The van der Waals surface area contributed by atoms with E-state index in [1.54, 1.807) is 6.07 Å². The number of benzene rings is 2. The molecular weight excluding hydrogens is 495 g/mol. The lowest BCUT2D eigenvalue weighted by molar-refractivity contribution is 0.0746. The van der Waals surface area contributed by atoms with Gasteiger partial charge in [0.1, 0.15) is 23.3 Å². The van der Waals surface area contributed by atoms with Gasteiger partial charge in [-0.1, -0.05) is 65.7 Å². The molecular formula is C28H20Cl2N4O2. The second kappa shape index (κ2) is 9.15. The molecule has 0 bridgehead atoms. The normalized spacial score (nSPS) is 22.8. The van der Waals surface area contributed by atoms with Gasteiger partial charge < -0.3 is 14.5 Å². The van der Waals surface area contributed by atoms with Crippen molar-refractivity contribution in [2.75, 3.05) is 6.61 Å². The highest BCUT2D eigenvalue weighted by Gasteiger charge is 2.48. The predicted octanol–water partition coefficient (Wildman–Crippen LogP) is 6.77. The topological polar surface area (TPSA) is 94.7 Å². The van der Waals surface area contributed by atoms with Crippen molar-refractivity contribution >= 4 is 34.2 Å². The number of aromatic nitrogens is 2. The quantitative estimate of drug-likeness (QED) is 0.324. The van der Waals surface area contributed by atoms with E-state index in [2.05, 4.69) is 17.1 Å². The average Bonchev–Trinajstić information content (AvgIpc) is 3.58. The molecule has 8 heteroatoms. The molecule has 0 amide bonds. The third-order valence-electron chi connectivity index (χ3n) is 7.14. The van der Waals surface area contributed by atoms with E-state index in [4.69, 9.17) is 37.7 Å². The van der Waals surface area contributed by atoms with Crippen molar-refractivity contribution in [2.45, 2.75) is 25.0 Å². The number of fused-ring (bicyclic) bond motifs is 2. The Labute approximate surface area is 218 Å². The van der Waals surface area contributed by atoms with E-state index >= 15 is 0 Å². The molecule has 4 aromatic rings. The maximum Gasteiger partial charge on any atom is 0.212 e. The van der Waals surface area contributed by atoms with Crippen LogP contribution in [0, 0.1) is 34.5 Å². The number of halogens is 2. The summed E-state index contributed by atoms with van der Waals surface area (Å²) in [6.45, 7) is 0.394. The number of hydrogen-bond donors (Lipinski definition) is 1. The summed E-state index contributed by atoms with van der Waals surface area (Å²) in [5.74, 6) is 0.391. The first-order chi connectivity index (χ1) is 17.6. The molecule has 2 fully saturated rings. The monoisotopic (exact) mass is 514 g/mol. The van der Waals surface area contributed by atoms with E-state index in [1.165, 1.54) is 0 Å². The standard InChI is InChI=1S/C28H20Cl2N4O2/c29-21-4-2-1-3-18(21)15-5-7-16(8-6-15)25-22(30)11-23-26(34-25)20(13-32)28(33-23)36-24-14-35-27-17(12-31)9-10-19(24)27/h1-8,11,17,19,24,27,33H,9-10,14H2. The fourth-order valence-corrected chi connectivity index (χ4v) is 5.85. The van der Waals surface area contributed by atoms with Crippen molar-refractivity contribution in [2.24, 2.45) is 11.8 Å². The van der Waals surface area contributed by atoms with Crippen molar-refractivity contribution in [1.82, 2.24) is 9.97 Å². The Morgan fingerprint density at radius 1 is 1.00 bits per heavy atom. The van der Waals surface area contributed by atoms with Crippen LogP contribution in [0.25, 0.3) is 33.4 Å². The van der Waals surface area contributed by atoms with Crippen LogP contribution < -0.4 is 4.74 Å². The zero-order valence-electron chi connectivity index (χ0n) is 19.0. The van der Waals surface area contributed by atoms with Crippen LogP contribution in [0.15, 0.2) is 54.6 Å². The van der Waals surface area contributed by atoms with Gasteiger partial charge >= 0.3 is 0 Å². The summed E-state index contributed by atoms with van der Waals surface area (Å²) >= 11 is 13.0. The van der Waals surface area contributed by atoms with Gasteiger partial charge in [-0.2, -0.15) is 10.5 Å². The average molecular weight is 515 g/mol. The van der Waals surface area contributed by atoms with E-state index < -0.39 is 0 Å². The van der Waals surface area contributed by atoms with Gasteiger partial charge in [-0.15, -0.1) is 0 Å². The number of nitriles is 2. The first kappa shape index (κ1) is 22.9. The van der Waals surface area contributed by atoms with Gasteiger partial charge in [0.15, 0.2) is 0 Å². The largest absolute Gasteiger partial charge is 0.472 e. The number of nitrogens with zero attached hydrogens (tertiary/aromatic N) is 3. The SMILES string of the molecule is N#Cc1c(OC2COC3C(C#N)CCC23)[nH]c2cc(Cl)c(-c3ccc(-c4ccccc4Cl)cc3)nc12. The maximum atomic E-state index is 9.96. The summed E-state index contributed by atoms with van der Waals surface area (Å²) in [6.07, 6.45) is 1.34. The van der Waals surface area contributed by atoms with Gasteiger partial charge in [-0.25, -0.2) is 4.98 Å². The Morgan fingerprint density at radius 3 is 2.53 bits per heavy atom. The number of H-pyrrole nitrogens is 1. The Balaban J connectivity index is 1.32. The van der Waals surface area contributed by atoms with Crippen molar-refractivity contribution in [3.8, 4) is 40.4 Å². The van der Waals surface area contributed by atoms with Crippen molar-refractivity contribution in [3.05, 3.63) is 70.2 Å². The second-order valence-corrected chi connectivity index (χ2v) is 9.96. The number of ether oxygens (including phenoxy) is 2. The molecule has 1 saturated carbocycles. The molecule has 0 spiro atoms. The summed E-state index contributed by atoms with van der Waals surface area (Å²) in [7, 11) is 0. The maximum absolute atomic E-state index is 9.96. The fraction of sp³-hybridized carbons (Fsp3) is 0.250. The molecule has 2 aromatic carbocycles. The lowest BCUT2D eigenvalue weighted by atomic mass is 9.99. The van der Waals surface area contributed by atoms with Crippen LogP contribution in [0.3, 0.4) is 0 Å². The summed E-state index contributed by atoms with van der Waals surface area (Å²) in [5.41, 5.74) is 4.78. The van der Waals surface area contributed by atoms with Crippen LogP contribution in [0.4, 0.5) is 0 Å². The van der Waals surface area contributed by atoms with Crippen LogP contribution in [-0.2, 0) is 4.74 Å². The summed E-state index contributed by atoms with van der Waals surface area (Å²) in [6, 6.07) is 21.8. The molecule has 1 saturated heterocycles. The van der Waals surface area contributed by atoms with Gasteiger partial charge in [-0.3, -0.25) is 0 Å². The van der Waals surface area contributed by atoms with Crippen LogP contribution in [-0.4, -0.2) is 28.8 Å². The van der Waals surface area contributed by atoms with E-state index in [0.29, 0.717) is 44.8 Å². The van der Waals surface area contributed by atoms with Gasteiger partial charge in [0.25, 0.3) is 0 Å². The van der Waals surface area contributed by atoms with Crippen molar-refractivity contribution in [1.29, 1.82) is 10.5 Å². The van der Waals surface area contributed by atoms with Crippen LogP contribution in [0.1, 0.15) is 18.4 Å². The molecule has 36 heavy (non-hydrogen) atoms.